The van der Waals surface area contributed by atoms with Crippen molar-refractivity contribution in [1.29, 1.82) is 0 Å². The van der Waals surface area contributed by atoms with E-state index in [4.69, 9.17) is 0 Å². The molecule has 1 aromatic rings. The molecule has 1 amide bonds. The third kappa shape index (κ3) is 2.94. The first-order valence-corrected chi connectivity index (χ1v) is 5.34. The van der Waals surface area contributed by atoms with Crippen molar-refractivity contribution in [3.05, 3.63) is 24.0 Å². The molecule has 0 saturated heterocycles. The monoisotopic (exact) mass is 238 g/mol. The van der Waals surface area contributed by atoms with E-state index in [0.29, 0.717) is 0 Å². The second kappa shape index (κ2) is 4.33. The molecule has 0 radical (unpaired) electrons. The Morgan fingerprint density at radius 1 is 1.35 bits per heavy atom. The predicted molar refractivity (Wildman–Crippen MR) is 63.7 cm³/mol. The molecule has 0 aliphatic carbocycles. The van der Waals surface area contributed by atoms with Crippen molar-refractivity contribution >= 4 is 5.91 Å². The molecular weight excluding hydrogens is 220 g/mol. The maximum atomic E-state index is 11.9. The fourth-order valence-electron chi connectivity index (χ4n) is 1.07. The highest BCUT2D eigenvalue weighted by Crippen LogP contribution is 2.22. The molecule has 3 N–H and O–H groups in total. The van der Waals surface area contributed by atoms with Crippen molar-refractivity contribution in [2.45, 2.75) is 38.8 Å². The summed E-state index contributed by atoms with van der Waals surface area (Å²) in [6.45, 7) is 6.60. The van der Waals surface area contributed by atoms with E-state index >= 15 is 0 Å². The standard InChI is InChI=1S/C12H18N2O3/c1-11(2,12(3,4)17)14-10(16)9-8(15)6-5-7-13-9/h5-7,15,17H,1-4H3,(H,14,16). The first-order valence-electron chi connectivity index (χ1n) is 5.34. The smallest absolute Gasteiger partial charge is 0.274 e. The SMILES string of the molecule is CC(C)(O)C(C)(C)NC(=O)c1ncccc1O. The molecule has 5 nitrogen and oxygen atoms in total. The quantitative estimate of drug-likeness (QED) is 0.735. The number of hydrogen-bond acceptors (Lipinski definition) is 4. The normalized spacial score (nSPS) is 12.3. The van der Waals surface area contributed by atoms with Crippen LogP contribution in [0.2, 0.25) is 0 Å². The lowest BCUT2D eigenvalue weighted by molar-refractivity contribution is -0.00307. The van der Waals surface area contributed by atoms with Crippen LogP contribution in [0.1, 0.15) is 38.2 Å². The molecular formula is C12H18N2O3. The number of aliphatic hydroxyl groups is 1. The Morgan fingerprint density at radius 2 is 1.94 bits per heavy atom. The van der Waals surface area contributed by atoms with E-state index in [1.165, 1.54) is 18.3 Å². The third-order valence-electron chi connectivity index (χ3n) is 2.96. The number of hydrogen-bond donors (Lipinski definition) is 3. The van der Waals surface area contributed by atoms with E-state index in [0.717, 1.165) is 0 Å². The number of carbonyl (C=O) groups is 1. The second-order valence-electron chi connectivity index (χ2n) is 5.01. The molecule has 5 heteroatoms. The van der Waals surface area contributed by atoms with Crippen LogP contribution in [-0.4, -0.2) is 32.2 Å². The van der Waals surface area contributed by atoms with Gasteiger partial charge in [0.1, 0.15) is 5.75 Å². The van der Waals surface area contributed by atoms with E-state index in [2.05, 4.69) is 10.3 Å². The van der Waals surface area contributed by atoms with Gasteiger partial charge in [0, 0.05) is 6.20 Å². The Balaban J connectivity index is 2.92. The maximum Gasteiger partial charge on any atom is 0.274 e. The average Bonchev–Trinajstić information content (AvgIpc) is 2.15. The first kappa shape index (κ1) is 13.4. The van der Waals surface area contributed by atoms with Crippen LogP contribution in [0.5, 0.6) is 5.75 Å². The Hall–Kier alpha value is -1.62. The minimum atomic E-state index is -1.09. The van der Waals surface area contributed by atoms with E-state index < -0.39 is 17.0 Å². The van der Waals surface area contributed by atoms with Crippen molar-refractivity contribution in [3.8, 4) is 5.75 Å². The van der Waals surface area contributed by atoms with Gasteiger partial charge >= 0.3 is 0 Å². The van der Waals surface area contributed by atoms with Crippen molar-refractivity contribution in [2.24, 2.45) is 0 Å². The molecule has 0 fully saturated rings. The predicted octanol–water partition coefficient (Wildman–Crippen LogP) is 1.07. The average molecular weight is 238 g/mol. The Morgan fingerprint density at radius 3 is 2.41 bits per heavy atom. The van der Waals surface area contributed by atoms with Gasteiger partial charge in [-0.3, -0.25) is 4.79 Å². The van der Waals surface area contributed by atoms with Gasteiger partial charge in [0.15, 0.2) is 5.69 Å². The highest BCUT2D eigenvalue weighted by atomic mass is 16.3. The zero-order valence-electron chi connectivity index (χ0n) is 10.5. The zero-order valence-corrected chi connectivity index (χ0v) is 10.5. The second-order valence-corrected chi connectivity index (χ2v) is 5.01. The minimum Gasteiger partial charge on any atom is -0.505 e. The Kier molecular flexibility index (Phi) is 3.43. The summed E-state index contributed by atoms with van der Waals surface area (Å²) in [5.74, 6) is -0.702. The molecule has 0 saturated carbocycles. The lowest BCUT2D eigenvalue weighted by Crippen LogP contribution is -2.57. The van der Waals surface area contributed by atoms with Crippen molar-refractivity contribution in [1.82, 2.24) is 10.3 Å². The first-order chi connectivity index (χ1) is 7.65. The van der Waals surface area contributed by atoms with Crippen LogP contribution in [0.4, 0.5) is 0 Å². The lowest BCUT2D eigenvalue weighted by atomic mass is 9.86. The number of rotatable bonds is 3. The van der Waals surface area contributed by atoms with Gasteiger partial charge in [0.25, 0.3) is 5.91 Å². The summed E-state index contributed by atoms with van der Waals surface area (Å²) in [6.07, 6.45) is 1.42. The molecule has 0 atom stereocenters. The number of nitrogens with zero attached hydrogens (tertiary/aromatic N) is 1. The van der Waals surface area contributed by atoms with Crippen LogP contribution >= 0.6 is 0 Å². The van der Waals surface area contributed by atoms with Crippen molar-refractivity contribution < 1.29 is 15.0 Å². The van der Waals surface area contributed by atoms with E-state index in [9.17, 15) is 15.0 Å². The van der Waals surface area contributed by atoms with E-state index in [1.54, 1.807) is 27.7 Å². The molecule has 0 aliphatic rings. The van der Waals surface area contributed by atoms with Gasteiger partial charge in [0.2, 0.25) is 0 Å². The summed E-state index contributed by atoms with van der Waals surface area (Å²) >= 11 is 0. The summed E-state index contributed by atoms with van der Waals surface area (Å²) in [5.41, 5.74) is -1.98. The molecule has 0 spiro atoms. The topological polar surface area (TPSA) is 82.5 Å². The number of aromatic nitrogens is 1. The Labute approximate surface area is 101 Å². The van der Waals surface area contributed by atoms with Gasteiger partial charge in [-0.2, -0.15) is 0 Å². The number of nitrogens with one attached hydrogen (secondary N) is 1. The lowest BCUT2D eigenvalue weighted by Gasteiger charge is -2.37. The van der Waals surface area contributed by atoms with Crippen LogP contribution in [-0.2, 0) is 0 Å². The van der Waals surface area contributed by atoms with Crippen LogP contribution in [0.25, 0.3) is 0 Å². The Bertz CT molecular complexity index is 422. The minimum absolute atomic E-state index is 0.0511. The number of amides is 1. The molecule has 0 aliphatic heterocycles. The fourth-order valence-corrected chi connectivity index (χ4v) is 1.07. The van der Waals surface area contributed by atoms with Crippen LogP contribution in [0.3, 0.4) is 0 Å². The van der Waals surface area contributed by atoms with Gasteiger partial charge in [-0.1, -0.05) is 0 Å². The summed E-state index contributed by atoms with van der Waals surface area (Å²) in [7, 11) is 0. The highest BCUT2D eigenvalue weighted by Gasteiger charge is 2.37. The molecule has 1 heterocycles. The van der Waals surface area contributed by atoms with Crippen LogP contribution in [0, 0.1) is 0 Å². The zero-order chi connectivity index (χ0) is 13.3. The van der Waals surface area contributed by atoms with E-state index in [-0.39, 0.29) is 11.4 Å². The van der Waals surface area contributed by atoms with E-state index in [1.807, 2.05) is 0 Å². The van der Waals surface area contributed by atoms with Gasteiger partial charge in [0.05, 0.1) is 11.1 Å². The van der Waals surface area contributed by atoms with Gasteiger partial charge < -0.3 is 15.5 Å². The molecule has 0 bridgehead atoms. The summed E-state index contributed by atoms with van der Waals surface area (Å²) in [6, 6.07) is 2.92. The van der Waals surface area contributed by atoms with Crippen LogP contribution in [0.15, 0.2) is 18.3 Å². The molecule has 1 aromatic heterocycles. The highest BCUT2D eigenvalue weighted by molar-refractivity contribution is 5.95. The van der Waals surface area contributed by atoms with Crippen LogP contribution < -0.4 is 5.32 Å². The van der Waals surface area contributed by atoms with Gasteiger partial charge in [-0.15, -0.1) is 0 Å². The molecule has 1 rings (SSSR count). The largest absolute Gasteiger partial charge is 0.505 e. The molecule has 0 unspecified atom stereocenters. The molecule has 94 valence electrons. The summed E-state index contributed by atoms with van der Waals surface area (Å²) in [5, 5.41) is 22.0. The third-order valence-corrected chi connectivity index (χ3v) is 2.96. The number of pyridine rings is 1. The fraction of sp³-hybridized carbons (Fsp3) is 0.500. The molecule has 0 aromatic carbocycles. The molecule has 17 heavy (non-hydrogen) atoms. The van der Waals surface area contributed by atoms with Gasteiger partial charge in [-0.25, -0.2) is 4.98 Å². The maximum absolute atomic E-state index is 11.9. The number of aromatic hydroxyl groups is 1. The van der Waals surface area contributed by atoms with Crippen molar-refractivity contribution in [2.75, 3.05) is 0 Å². The summed E-state index contributed by atoms with van der Waals surface area (Å²) < 4.78 is 0. The summed E-state index contributed by atoms with van der Waals surface area (Å²) in [4.78, 5) is 15.7. The van der Waals surface area contributed by atoms with Crippen molar-refractivity contribution in [3.63, 3.8) is 0 Å². The number of carbonyl (C=O) groups excluding carboxylic acids is 1. The van der Waals surface area contributed by atoms with Gasteiger partial charge in [-0.05, 0) is 39.8 Å².